The Morgan fingerprint density at radius 3 is 1.31 bits per heavy atom. The molecule has 0 spiro atoms. The number of ether oxygens (including phenoxy) is 1. The number of aryl methyl sites for hydroxylation is 4. The van der Waals surface area contributed by atoms with Gasteiger partial charge in [0, 0.05) is 7.11 Å². The second kappa shape index (κ2) is 16.3. The fourth-order valence-electron chi connectivity index (χ4n) is 2.00. The molecule has 0 heterocycles. The van der Waals surface area contributed by atoms with Crippen molar-refractivity contribution in [3.8, 4) is 5.75 Å². The van der Waals surface area contributed by atoms with E-state index in [2.05, 4.69) is 61.9 Å². The molecule has 0 fully saturated rings. The Morgan fingerprint density at radius 1 is 0.690 bits per heavy atom. The molecule has 3 rings (SSSR count). The van der Waals surface area contributed by atoms with Crippen LogP contribution < -0.4 is 0 Å². The van der Waals surface area contributed by atoms with E-state index in [0.717, 1.165) is 5.56 Å². The second-order valence-corrected chi connectivity index (χ2v) is 6.83. The molecule has 158 valence electrons. The molecule has 0 aliphatic heterocycles. The molecule has 29 heavy (non-hydrogen) atoms. The fourth-order valence-corrected chi connectivity index (χ4v) is 2.00. The fraction of sp³-hybridized carbons (Fsp3) is 0.308. The van der Waals surface area contributed by atoms with Crippen molar-refractivity contribution in [2.24, 2.45) is 0 Å². The number of aromatic hydroxyl groups is 1. The van der Waals surface area contributed by atoms with Gasteiger partial charge >= 0.3 is 0 Å². The lowest BCUT2D eigenvalue weighted by molar-refractivity contribution is 0.0765. The molecule has 3 heteroatoms. The van der Waals surface area contributed by atoms with Gasteiger partial charge < -0.3 is 14.9 Å². The summed E-state index contributed by atoms with van der Waals surface area (Å²) in [5.41, 5.74) is 4.98. The molecule has 2 N–H and O–H groups in total. The van der Waals surface area contributed by atoms with E-state index >= 15 is 0 Å². The Balaban J connectivity index is 0.000000363. The molecule has 0 bridgehead atoms. The van der Waals surface area contributed by atoms with Crippen LogP contribution in [0.4, 0.5) is 0 Å². The van der Waals surface area contributed by atoms with Gasteiger partial charge in [0.15, 0.2) is 0 Å². The van der Waals surface area contributed by atoms with E-state index in [-0.39, 0.29) is 6.10 Å². The topological polar surface area (TPSA) is 49.7 Å². The van der Waals surface area contributed by atoms with Crippen LogP contribution in [0.5, 0.6) is 5.75 Å². The van der Waals surface area contributed by atoms with E-state index in [4.69, 9.17) is 10.2 Å². The van der Waals surface area contributed by atoms with Crippen molar-refractivity contribution >= 4 is 0 Å². The highest BCUT2D eigenvalue weighted by molar-refractivity contribution is 5.29. The SMILES string of the molecule is COCC(C)O.Cc1ccccc1.Cc1ccccc1C.Cc1ccccc1O. The maximum absolute atomic E-state index is 8.92. The monoisotopic (exact) mass is 396 g/mol. The van der Waals surface area contributed by atoms with Gasteiger partial charge in [-0.1, -0.05) is 78.4 Å². The summed E-state index contributed by atoms with van der Waals surface area (Å²) in [6, 6.07) is 25.9. The Bertz CT molecular complexity index is 682. The van der Waals surface area contributed by atoms with Gasteiger partial charge in [0.05, 0.1) is 12.7 Å². The summed E-state index contributed by atoms with van der Waals surface area (Å²) < 4.78 is 4.55. The Kier molecular flexibility index (Phi) is 14.9. The first-order valence-electron chi connectivity index (χ1n) is 9.73. The third kappa shape index (κ3) is 15.0. The summed E-state index contributed by atoms with van der Waals surface area (Å²) in [5.74, 6) is 0.368. The van der Waals surface area contributed by atoms with Crippen LogP contribution in [0.25, 0.3) is 0 Å². The molecule has 0 aromatic heterocycles. The minimum atomic E-state index is -0.324. The Labute approximate surface area is 176 Å². The standard InChI is InChI=1S/C8H10.C7H8O.C7H8.C4H10O2/c1-7-5-3-4-6-8(7)2;1-6-4-2-3-5-7(6)8;1-7-5-3-2-4-6-7;1-4(5)3-6-2/h3-6H,1-2H3;2-5,8H,1H3;2-6H,1H3;4-5H,3H2,1-2H3. The van der Waals surface area contributed by atoms with E-state index in [9.17, 15) is 0 Å². The van der Waals surface area contributed by atoms with Crippen molar-refractivity contribution in [2.45, 2.75) is 40.7 Å². The van der Waals surface area contributed by atoms with Crippen molar-refractivity contribution in [2.75, 3.05) is 13.7 Å². The third-order valence-corrected chi connectivity index (χ3v) is 3.89. The van der Waals surface area contributed by atoms with Crippen molar-refractivity contribution < 1.29 is 14.9 Å². The zero-order valence-electron chi connectivity index (χ0n) is 18.6. The molecule has 1 unspecified atom stereocenters. The number of rotatable bonds is 2. The van der Waals surface area contributed by atoms with Crippen molar-refractivity contribution in [1.82, 2.24) is 0 Å². The summed E-state index contributed by atoms with van der Waals surface area (Å²) >= 11 is 0. The lowest BCUT2D eigenvalue weighted by Crippen LogP contribution is -2.07. The highest BCUT2D eigenvalue weighted by Gasteiger charge is 1.88. The quantitative estimate of drug-likeness (QED) is 0.557. The van der Waals surface area contributed by atoms with Crippen LogP contribution >= 0.6 is 0 Å². The number of phenolic OH excluding ortho intramolecular Hbond substituents is 1. The summed E-state index contributed by atoms with van der Waals surface area (Å²) in [7, 11) is 1.56. The van der Waals surface area contributed by atoms with Gasteiger partial charge in [0.2, 0.25) is 0 Å². The van der Waals surface area contributed by atoms with Crippen LogP contribution in [0.15, 0.2) is 78.9 Å². The molecule has 0 amide bonds. The predicted octanol–water partition coefficient (Wildman–Crippen LogP) is 6.01. The van der Waals surface area contributed by atoms with Crippen LogP contribution in [0, 0.1) is 27.7 Å². The average Bonchev–Trinajstić information content (AvgIpc) is 2.69. The number of benzene rings is 3. The number of para-hydroxylation sites is 1. The smallest absolute Gasteiger partial charge is 0.118 e. The average molecular weight is 397 g/mol. The minimum absolute atomic E-state index is 0.324. The van der Waals surface area contributed by atoms with E-state index in [1.807, 2.05) is 43.3 Å². The maximum atomic E-state index is 8.92. The highest BCUT2D eigenvalue weighted by Crippen LogP contribution is 2.12. The number of phenols is 1. The molecule has 3 nitrogen and oxygen atoms in total. The van der Waals surface area contributed by atoms with Gasteiger partial charge in [-0.25, -0.2) is 0 Å². The van der Waals surface area contributed by atoms with E-state index in [0.29, 0.717) is 12.4 Å². The number of aliphatic hydroxyl groups is 1. The molecule has 1 atom stereocenters. The Hall–Kier alpha value is -2.62. The summed E-state index contributed by atoms with van der Waals surface area (Å²) in [6.07, 6.45) is -0.324. The number of aliphatic hydroxyl groups excluding tert-OH is 1. The normalized spacial score (nSPS) is 10.2. The van der Waals surface area contributed by atoms with Gasteiger partial charge in [-0.2, -0.15) is 0 Å². The maximum Gasteiger partial charge on any atom is 0.118 e. The van der Waals surface area contributed by atoms with E-state index in [1.54, 1.807) is 20.1 Å². The third-order valence-electron chi connectivity index (χ3n) is 3.89. The first-order valence-corrected chi connectivity index (χ1v) is 9.73. The van der Waals surface area contributed by atoms with Crippen LogP contribution in [0.3, 0.4) is 0 Å². The molecular formula is C26H36O3. The molecule has 0 aliphatic rings. The number of hydrogen-bond donors (Lipinski definition) is 2. The van der Waals surface area contributed by atoms with Crippen molar-refractivity contribution in [1.29, 1.82) is 0 Å². The second-order valence-electron chi connectivity index (χ2n) is 6.83. The molecular weight excluding hydrogens is 360 g/mol. The zero-order valence-corrected chi connectivity index (χ0v) is 18.6. The molecule has 0 saturated heterocycles. The van der Waals surface area contributed by atoms with E-state index < -0.39 is 0 Å². The highest BCUT2D eigenvalue weighted by atomic mass is 16.5. The van der Waals surface area contributed by atoms with Gasteiger partial charge in [0.1, 0.15) is 5.75 Å². The largest absolute Gasteiger partial charge is 0.508 e. The van der Waals surface area contributed by atoms with Gasteiger partial charge in [-0.3, -0.25) is 0 Å². The molecule has 0 radical (unpaired) electrons. The van der Waals surface area contributed by atoms with Crippen LogP contribution in [0.1, 0.15) is 29.2 Å². The predicted molar refractivity (Wildman–Crippen MR) is 123 cm³/mol. The van der Waals surface area contributed by atoms with Crippen LogP contribution in [-0.2, 0) is 4.74 Å². The van der Waals surface area contributed by atoms with Crippen molar-refractivity contribution in [3.05, 3.63) is 101 Å². The van der Waals surface area contributed by atoms with E-state index in [1.165, 1.54) is 16.7 Å². The lowest BCUT2D eigenvalue weighted by atomic mass is 10.1. The molecule has 0 aliphatic carbocycles. The van der Waals surface area contributed by atoms with Gasteiger partial charge in [-0.15, -0.1) is 0 Å². The Morgan fingerprint density at radius 2 is 1.10 bits per heavy atom. The number of methoxy groups -OCH3 is 1. The summed E-state index contributed by atoms with van der Waals surface area (Å²) in [4.78, 5) is 0. The zero-order chi connectivity index (χ0) is 22.1. The van der Waals surface area contributed by atoms with Gasteiger partial charge in [-0.05, 0) is 57.4 Å². The summed E-state index contributed by atoms with van der Waals surface area (Å²) in [6.45, 7) is 10.3. The van der Waals surface area contributed by atoms with Gasteiger partial charge in [0.25, 0.3) is 0 Å². The summed E-state index contributed by atoms with van der Waals surface area (Å²) in [5, 5.41) is 17.3. The first kappa shape index (κ1) is 26.4. The molecule has 3 aromatic rings. The minimum Gasteiger partial charge on any atom is -0.508 e. The molecule has 0 saturated carbocycles. The lowest BCUT2D eigenvalue weighted by Gasteiger charge is -1.97. The van der Waals surface area contributed by atoms with Crippen LogP contribution in [-0.4, -0.2) is 30.0 Å². The van der Waals surface area contributed by atoms with Crippen molar-refractivity contribution in [3.63, 3.8) is 0 Å². The first-order chi connectivity index (χ1) is 13.8. The molecule has 3 aromatic carbocycles. The van der Waals surface area contributed by atoms with Crippen LogP contribution in [0.2, 0.25) is 0 Å². The number of hydrogen-bond acceptors (Lipinski definition) is 3.